The maximum absolute atomic E-state index is 14.1. The first-order chi connectivity index (χ1) is 20.9. The molecule has 3 fully saturated rings. The molecule has 0 bridgehead atoms. The summed E-state index contributed by atoms with van der Waals surface area (Å²) in [4.78, 5) is 50.7. The summed E-state index contributed by atoms with van der Waals surface area (Å²) < 4.78 is 5.36. The summed E-state index contributed by atoms with van der Waals surface area (Å²) in [6.45, 7) is 4.03. The van der Waals surface area contributed by atoms with Crippen molar-refractivity contribution >= 4 is 34.3 Å². The molecule has 4 aromatic rings. The zero-order valence-corrected chi connectivity index (χ0v) is 23.8. The van der Waals surface area contributed by atoms with E-state index in [1.807, 2.05) is 47.4 Å². The Bertz CT molecular complexity index is 1660. The van der Waals surface area contributed by atoms with E-state index in [1.54, 1.807) is 24.1 Å². The van der Waals surface area contributed by atoms with Gasteiger partial charge in [0.25, 0.3) is 11.8 Å². The third-order valence-electron chi connectivity index (χ3n) is 8.90. The molecule has 0 radical (unpaired) electrons. The van der Waals surface area contributed by atoms with E-state index in [0.717, 1.165) is 16.6 Å². The number of anilines is 1. The number of rotatable bonds is 6. The molecule has 2 atom stereocenters. The zero-order valence-electron chi connectivity index (χ0n) is 23.8. The quantitative estimate of drug-likeness (QED) is 0.306. The number of carbonyl (C=O) groups is 3. The molecule has 43 heavy (non-hydrogen) atoms. The van der Waals surface area contributed by atoms with E-state index in [-0.39, 0.29) is 42.9 Å². The van der Waals surface area contributed by atoms with Crippen LogP contribution in [-0.4, -0.2) is 98.8 Å². The minimum atomic E-state index is -0.842. The van der Waals surface area contributed by atoms with Gasteiger partial charge in [-0.15, -0.1) is 0 Å². The summed E-state index contributed by atoms with van der Waals surface area (Å²) in [5.41, 5.74) is 1.54. The molecule has 3 N–H and O–H groups in total. The standard InChI is InChI=1S/C30H33N9O4/c1-19-33-27(43-36-19)23-15-31-16-25(23)34-26(40)17-38-18-39(22-5-3-2-4-6-22)30(29(38)42)9-11-37(12-10-30)28(41)20-7-8-24-21(13-20)14-32-35-24/h2-8,13-14,23,25,31H,9-12,15-18H2,1H3,(H,32,35)(H,34,40)/t23-,25?/m1/s1. The van der Waals surface area contributed by atoms with Crippen molar-refractivity contribution in [3.63, 3.8) is 0 Å². The molecule has 3 saturated heterocycles. The molecule has 5 heterocycles. The van der Waals surface area contributed by atoms with Gasteiger partial charge in [-0.25, -0.2) is 0 Å². The smallest absolute Gasteiger partial charge is 0.253 e. The Hall–Kier alpha value is -4.78. The third kappa shape index (κ3) is 4.88. The second kappa shape index (κ2) is 10.8. The van der Waals surface area contributed by atoms with Crippen LogP contribution in [0.5, 0.6) is 0 Å². The van der Waals surface area contributed by atoms with Gasteiger partial charge in [-0.3, -0.25) is 19.5 Å². The van der Waals surface area contributed by atoms with Gasteiger partial charge in [0.2, 0.25) is 11.8 Å². The number of amides is 3. The van der Waals surface area contributed by atoms with Crippen LogP contribution in [0.25, 0.3) is 10.9 Å². The van der Waals surface area contributed by atoms with E-state index >= 15 is 0 Å². The molecule has 3 aliphatic rings. The first-order valence-electron chi connectivity index (χ1n) is 14.6. The number of aromatic nitrogens is 4. The highest BCUT2D eigenvalue weighted by Gasteiger charge is 2.54. The van der Waals surface area contributed by atoms with Gasteiger partial charge in [0.1, 0.15) is 12.1 Å². The summed E-state index contributed by atoms with van der Waals surface area (Å²) >= 11 is 0. The fraction of sp³-hybridized carbons (Fsp3) is 0.400. The van der Waals surface area contributed by atoms with E-state index < -0.39 is 5.54 Å². The average Bonchev–Trinajstić information content (AvgIpc) is 3.82. The Morgan fingerprint density at radius 3 is 2.70 bits per heavy atom. The van der Waals surface area contributed by atoms with Gasteiger partial charge in [-0.05, 0) is 50.1 Å². The molecule has 3 aliphatic heterocycles. The number of fused-ring (bicyclic) bond motifs is 1. The summed E-state index contributed by atoms with van der Waals surface area (Å²) in [6, 6.07) is 15.1. The maximum Gasteiger partial charge on any atom is 0.253 e. The fourth-order valence-electron chi connectivity index (χ4n) is 6.64. The van der Waals surface area contributed by atoms with Crippen molar-refractivity contribution in [2.45, 2.75) is 37.3 Å². The highest BCUT2D eigenvalue weighted by atomic mass is 16.5. The number of nitrogens with zero attached hydrogens (tertiary/aromatic N) is 6. The van der Waals surface area contributed by atoms with Gasteiger partial charge >= 0.3 is 0 Å². The first kappa shape index (κ1) is 27.1. The molecule has 13 heteroatoms. The van der Waals surface area contributed by atoms with Gasteiger partial charge in [-0.1, -0.05) is 23.4 Å². The molecule has 1 unspecified atom stereocenters. The van der Waals surface area contributed by atoms with Gasteiger partial charge in [0.05, 0.1) is 30.3 Å². The second-order valence-corrected chi connectivity index (χ2v) is 11.5. The van der Waals surface area contributed by atoms with Crippen LogP contribution in [0.15, 0.2) is 59.3 Å². The van der Waals surface area contributed by atoms with Crippen LogP contribution in [0, 0.1) is 6.92 Å². The largest absolute Gasteiger partial charge is 0.350 e. The van der Waals surface area contributed by atoms with Crippen molar-refractivity contribution in [1.29, 1.82) is 0 Å². The van der Waals surface area contributed by atoms with E-state index in [9.17, 15) is 14.4 Å². The van der Waals surface area contributed by atoms with Crippen LogP contribution < -0.4 is 15.5 Å². The molecule has 0 saturated carbocycles. The Morgan fingerprint density at radius 1 is 1.12 bits per heavy atom. The molecule has 2 aromatic carbocycles. The second-order valence-electron chi connectivity index (χ2n) is 11.5. The highest BCUT2D eigenvalue weighted by Crippen LogP contribution is 2.39. The van der Waals surface area contributed by atoms with E-state index in [4.69, 9.17) is 4.52 Å². The van der Waals surface area contributed by atoms with Crippen LogP contribution in [0.3, 0.4) is 0 Å². The van der Waals surface area contributed by atoms with Crippen molar-refractivity contribution in [2.75, 3.05) is 44.3 Å². The summed E-state index contributed by atoms with van der Waals surface area (Å²) in [5, 5.41) is 18.1. The highest BCUT2D eigenvalue weighted by molar-refractivity contribution is 5.99. The number of hydrogen-bond acceptors (Lipinski definition) is 9. The van der Waals surface area contributed by atoms with E-state index in [0.29, 0.717) is 56.3 Å². The zero-order chi connectivity index (χ0) is 29.6. The predicted molar refractivity (Wildman–Crippen MR) is 156 cm³/mol. The molecule has 7 rings (SSSR count). The number of aromatic amines is 1. The van der Waals surface area contributed by atoms with Gasteiger partial charge in [-0.2, -0.15) is 10.1 Å². The van der Waals surface area contributed by atoms with Crippen molar-refractivity contribution in [2.24, 2.45) is 0 Å². The SMILES string of the molecule is Cc1noc([C@@H]2CNCC2NC(=O)CN2CN(c3ccccc3)C3(CCN(C(=O)c4ccc5[nH]ncc5c4)CC3)C2=O)n1. The number of hydrogen-bond donors (Lipinski definition) is 3. The summed E-state index contributed by atoms with van der Waals surface area (Å²) in [5.74, 6) is 0.505. The number of para-hydroxylation sites is 1. The third-order valence-corrected chi connectivity index (χ3v) is 8.90. The number of carbonyl (C=O) groups excluding carboxylic acids is 3. The fourth-order valence-corrected chi connectivity index (χ4v) is 6.64. The summed E-state index contributed by atoms with van der Waals surface area (Å²) in [6.07, 6.45) is 2.62. The van der Waals surface area contributed by atoms with Crippen molar-refractivity contribution in [1.82, 2.24) is 40.8 Å². The lowest BCUT2D eigenvalue weighted by Gasteiger charge is -2.43. The number of piperidine rings is 1. The molecule has 1 spiro atoms. The van der Waals surface area contributed by atoms with Crippen molar-refractivity contribution < 1.29 is 18.9 Å². The number of benzene rings is 2. The average molecular weight is 584 g/mol. The molecular weight excluding hydrogens is 550 g/mol. The van der Waals surface area contributed by atoms with Gasteiger partial charge < -0.3 is 29.9 Å². The van der Waals surface area contributed by atoms with E-state index in [2.05, 4.69) is 35.9 Å². The lowest BCUT2D eigenvalue weighted by Crippen LogP contribution is -2.57. The Kier molecular flexibility index (Phi) is 6.80. The minimum absolute atomic E-state index is 0.0661. The predicted octanol–water partition coefficient (Wildman–Crippen LogP) is 1.41. The molecule has 0 aliphatic carbocycles. The van der Waals surface area contributed by atoms with Crippen molar-refractivity contribution in [3.8, 4) is 0 Å². The Balaban J connectivity index is 1.06. The number of H-pyrrole nitrogens is 1. The van der Waals surface area contributed by atoms with Crippen LogP contribution in [0.2, 0.25) is 0 Å². The Labute approximate surface area is 247 Å². The minimum Gasteiger partial charge on any atom is -0.350 e. The van der Waals surface area contributed by atoms with Crippen LogP contribution >= 0.6 is 0 Å². The molecule has 2 aromatic heterocycles. The Morgan fingerprint density at radius 2 is 1.93 bits per heavy atom. The topological polar surface area (TPSA) is 153 Å². The van der Waals surface area contributed by atoms with Crippen LogP contribution in [-0.2, 0) is 9.59 Å². The molecule has 13 nitrogen and oxygen atoms in total. The first-order valence-corrected chi connectivity index (χ1v) is 14.6. The molecule has 3 amide bonds. The molecular formula is C30H33N9O4. The van der Waals surface area contributed by atoms with Crippen molar-refractivity contribution in [3.05, 3.63) is 72.0 Å². The lowest BCUT2D eigenvalue weighted by molar-refractivity contribution is -0.137. The number of aryl methyl sites for hydroxylation is 1. The number of nitrogens with one attached hydrogen (secondary N) is 3. The monoisotopic (exact) mass is 583 g/mol. The number of likely N-dealkylation sites (tertiary alicyclic amines) is 1. The van der Waals surface area contributed by atoms with Crippen LogP contribution in [0.1, 0.15) is 40.8 Å². The molecule has 222 valence electrons. The van der Waals surface area contributed by atoms with Gasteiger partial charge in [0, 0.05) is 42.8 Å². The van der Waals surface area contributed by atoms with Crippen LogP contribution in [0.4, 0.5) is 5.69 Å². The normalized spacial score (nSPS) is 21.7. The van der Waals surface area contributed by atoms with Gasteiger partial charge in [0.15, 0.2) is 5.82 Å². The van der Waals surface area contributed by atoms with E-state index in [1.165, 1.54) is 0 Å². The maximum atomic E-state index is 14.1. The summed E-state index contributed by atoms with van der Waals surface area (Å²) in [7, 11) is 0. The lowest BCUT2D eigenvalue weighted by atomic mass is 9.85.